The molecule has 0 aromatic carbocycles. The van der Waals surface area contributed by atoms with Crippen molar-refractivity contribution < 1.29 is 29.4 Å². The first kappa shape index (κ1) is 11.3. The molecule has 0 spiro atoms. The van der Waals surface area contributed by atoms with Crippen LogP contribution in [0.4, 0.5) is 0 Å². The lowest BCUT2D eigenvalue weighted by molar-refractivity contribution is -0.140. The van der Waals surface area contributed by atoms with Crippen molar-refractivity contribution in [3.05, 3.63) is 0 Å². The first-order valence-corrected chi connectivity index (χ1v) is 2.85. The monoisotopic (exact) mass is 157 g/mol. The molecule has 0 aliphatic carbocycles. The van der Waals surface area contributed by atoms with Crippen molar-refractivity contribution in [1.82, 2.24) is 0 Å². The molecule has 0 unspecified atom stereocenters. The van der Waals surface area contributed by atoms with E-state index in [4.69, 9.17) is 29.4 Å². The fourth-order valence-corrected chi connectivity index (χ4v) is 0. The SMILES string of the molecule is O=C(O)CO.O=[P+](O)O. The summed E-state index contributed by atoms with van der Waals surface area (Å²) in [6.07, 6.45) is 0. The van der Waals surface area contributed by atoms with Gasteiger partial charge < -0.3 is 10.2 Å². The van der Waals surface area contributed by atoms with Crippen LogP contribution in [-0.4, -0.2) is 32.6 Å². The Morgan fingerprint density at radius 2 is 1.56 bits per heavy atom. The predicted molar refractivity (Wildman–Crippen MR) is 26.8 cm³/mol. The summed E-state index contributed by atoms with van der Waals surface area (Å²) >= 11 is 0. The third-order valence-corrected chi connectivity index (χ3v) is 0.135. The van der Waals surface area contributed by atoms with Crippen LogP contribution in [0.1, 0.15) is 0 Å². The molecule has 0 aromatic rings. The molecule has 0 atom stereocenters. The van der Waals surface area contributed by atoms with Gasteiger partial charge in [0.05, 0.1) is 0 Å². The van der Waals surface area contributed by atoms with Crippen molar-refractivity contribution in [1.29, 1.82) is 0 Å². The van der Waals surface area contributed by atoms with E-state index in [0.29, 0.717) is 0 Å². The highest BCUT2D eigenvalue weighted by molar-refractivity contribution is 7.30. The van der Waals surface area contributed by atoms with Crippen molar-refractivity contribution >= 4 is 14.2 Å². The standard InChI is InChI=1S/C2H4O3.HO3P/c3-1-2(4)5;1-4(2)3/h3H,1H2,(H,4,5);(H-,1,2,3)/p+1. The summed E-state index contributed by atoms with van der Waals surface area (Å²) < 4.78 is 8.70. The summed E-state index contributed by atoms with van der Waals surface area (Å²) in [6.45, 7) is -0.778. The second-order valence-corrected chi connectivity index (χ2v) is 1.31. The average Bonchev–Trinajstić information content (AvgIpc) is 1.65. The van der Waals surface area contributed by atoms with Gasteiger partial charge in [0.25, 0.3) is 0 Å². The van der Waals surface area contributed by atoms with Crippen molar-refractivity contribution in [2.75, 3.05) is 6.61 Å². The van der Waals surface area contributed by atoms with Crippen LogP contribution in [0.2, 0.25) is 0 Å². The Balaban J connectivity index is 0. The molecule has 4 N–H and O–H groups in total. The zero-order valence-corrected chi connectivity index (χ0v) is 5.15. The minimum Gasteiger partial charge on any atom is -0.480 e. The maximum atomic E-state index is 9.12. The lowest BCUT2D eigenvalue weighted by atomic mass is 10.8. The van der Waals surface area contributed by atoms with Crippen LogP contribution in [0.5, 0.6) is 0 Å². The normalized spacial score (nSPS) is 7.00. The van der Waals surface area contributed by atoms with E-state index in [2.05, 4.69) is 0 Å². The van der Waals surface area contributed by atoms with E-state index in [1.807, 2.05) is 0 Å². The van der Waals surface area contributed by atoms with E-state index in [1.165, 1.54) is 0 Å². The summed E-state index contributed by atoms with van der Waals surface area (Å²) in [5, 5.41) is 15.0. The van der Waals surface area contributed by atoms with E-state index < -0.39 is 20.8 Å². The minimum atomic E-state index is -2.87. The van der Waals surface area contributed by atoms with Gasteiger partial charge >= 0.3 is 14.2 Å². The lowest BCUT2D eigenvalue weighted by Gasteiger charge is -1.72. The molecule has 7 heteroatoms. The Labute approximate surface area is 51.3 Å². The first-order valence-electron chi connectivity index (χ1n) is 1.68. The number of hydrogen-bond donors (Lipinski definition) is 4. The van der Waals surface area contributed by atoms with Gasteiger partial charge in [0, 0.05) is 4.57 Å². The highest BCUT2D eigenvalue weighted by Gasteiger charge is 1.93. The third kappa shape index (κ3) is 105. The van der Waals surface area contributed by atoms with Gasteiger partial charge in [-0.05, 0) is 0 Å². The quantitative estimate of drug-likeness (QED) is 0.351. The molecule has 9 heavy (non-hydrogen) atoms. The maximum absolute atomic E-state index is 9.12. The largest absolute Gasteiger partial charge is 0.692 e. The molecule has 0 saturated carbocycles. The molecule has 54 valence electrons. The molecule has 0 heterocycles. The highest BCUT2D eigenvalue weighted by Crippen LogP contribution is 1.98. The second-order valence-electron chi connectivity index (χ2n) is 0.805. The Bertz CT molecular complexity index is 95.2. The molecule has 6 nitrogen and oxygen atoms in total. The van der Waals surface area contributed by atoms with Gasteiger partial charge in [0.2, 0.25) is 0 Å². The van der Waals surface area contributed by atoms with E-state index >= 15 is 0 Å². The molecular weight excluding hydrogens is 151 g/mol. The molecule has 0 saturated heterocycles. The topological polar surface area (TPSA) is 115 Å². The number of aliphatic hydroxyl groups is 1. The van der Waals surface area contributed by atoms with Crippen LogP contribution in [0.15, 0.2) is 0 Å². The van der Waals surface area contributed by atoms with Crippen molar-refractivity contribution in [3.8, 4) is 0 Å². The summed E-state index contributed by atoms with van der Waals surface area (Å²) in [6, 6.07) is 0. The van der Waals surface area contributed by atoms with Crippen molar-refractivity contribution in [2.45, 2.75) is 0 Å². The zero-order chi connectivity index (χ0) is 7.86. The number of carbonyl (C=O) groups is 1. The summed E-state index contributed by atoms with van der Waals surface area (Å²) in [5.74, 6) is -1.19. The molecule has 0 amide bonds. The van der Waals surface area contributed by atoms with Gasteiger partial charge in [-0.15, -0.1) is 9.79 Å². The van der Waals surface area contributed by atoms with Crippen LogP contribution in [0, 0.1) is 0 Å². The summed E-state index contributed by atoms with van der Waals surface area (Å²) in [7, 11) is -2.87. The molecule has 0 rings (SSSR count). The van der Waals surface area contributed by atoms with Gasteiger partial charge in [0.1, 0.15) is 6.61 Å². The van der Waals surface area contributed by atoms with Crippen LogP contribution in [0.3, 0.4) is 0 Å². The van der Waals surface area contributed by atoms with Crippen LogP contribution in [0.25, 0.3) is 0 Å². The van der Waals surface area contributed by atoms with E-state index in [9.17, 15) is 0 Å². The smallest absolute Gasteiger partial charge is 0.480 e. The Kier molecular flexibility index (Phi) is 9.33. The molecule has 0 fully saturated rings. The minimum absolute atomic E-state index is 0.778. The fraction of sp³-hybridized carbons (Fsp3) is 0.500. The van der Waals surface area contributed by atoms with Crippen molar-refractivity contribution in [2.24, 2.45) is 0 Å². The van der Waals surface area contributed by atoms with Gasteiger partial charge in [-0.1, -0.05) is 0 Å². The number of rotatable bonds is 1. The second kappa shape index (κ2) is 7.45. The van der Waals surface area contributed by atoms with E-state index in [-0.39, 0.29) is 0 Å². The Morgan fingerprint density at radius 3 is 1.56 bits per heavy atom. The Hall–Kier alpha value is -0.550. The number of hydrogen-bond acceptors (Lipinski definition) is 3. The van der Waals surface area contributed by atoms with E-state index in [0.717, 1.165) is 0 Å². The zero-order valence-electron chi connectivity index (χ0n) is 4.26. The summed E-state index contributed by atoms with van der Waals surface area (Å²) in [4.78, 5) is 23.4. The highest BCUT2D eigenvalue weighted by atomic mass is 31.1. The molecule has 0 aliphatic rings. The van der Waals surface area contributed by atoms with Crippen LogP contribution < -0.4 is 0 Å². The maximum Gasteiger partial charge on any atom is 0.692 e. The van der Waals surface area contributed by atoms with Crippen LogP contribution >= 0.6 is 8.25 Å². The lowest BCUT2D eigenvalue weighted by Crippen LogP contribution is -1.98. The van der Waals surface area contributed by atoms with E-state index in [1.54, 1.807) is 0 Å². The number of aliphatic carboxylic acids is 1. The summed E-state index contributed by atoms with van der Waals surface area (Å²) in [5.41, 5.74) is 0. The molecular formula is C2H6O6P+. The molecule has 0 radical (unpaired) electrons. The fourth-order valence-electron chi connectivity index (χ4n) is 0. The third-order valence-electron chi connectivity index (χ3n) is 0.135. The number of carboxylic acid groups (broad SMARTS) is 1. The Morgan fingerprint density at radius 1 is 1.44 bits per heavy atom. The predicted octanol–water partition coefficient (Wildman–Crippen LogP) is -1.31. The van der Waals surface area contributed by atoms with Gasteiger partial charge in [0.15, 0.2) is 0 Å². The van der Waals surface area contributed by atoms with Crippen molar-refractivity contribution in [3.63, 3.8) is 0 Å². The average molecular weight is 157 g/mol. The van der Waals surface area contributed by atoms with Gasteiger partial charge in [-0.3, -0.25) is 0 Å². The number of carboxylic acids is 1. The van der Waals surface area contributed by atoms with Gasteiger partial charge in [-0.25, -0.2) is 4.79 Å². The van der Waals surface area contributed by atoms with Gasteiger partial charge in [-0.2, -0.15) is 0 Å². The number of aliphatic hydroxyl groups excluding tert-OH is 1. The molecule has 0 aromatic heterocycles. The first-order chi connectivity index (χ1) is 4.00. The van der Waals surface area contributed by atoms with Crippen LogP contribution in [-0.2, 0) is 9.36 Å². The molecule has 0 bridgehead atoms. The molecule has 0 aliphatic heterocycles.